The van der Waals surface area contributed by atoms with Crippen molar-refractivity contribution in [1.29, 1.82) is 0 Å². The molecular formula is C10H20O2. The minimum absolute atomic E-state index is 0.138. The predicted octanol–water partition coefficient (Wildman–Crippen LogP) is 2.78. The predicted molar refractivity (Wildman–Crippen MR) is 50.0 cm³/mol. The van der Waals surface area contributed by atoms with Gasteiger partial charge in [-0.3, -0.25) is 4.79 Å². The Kier molecular flexibility index (Phi) is 3.75. The minimum Gasteiger partial charge on any atom is -0.481 e. The summed E-state index contributed by atoms with van der Waals surface area (Å²) in [5.74, 6) is -0.651. The average Bonchev–Trinajstić information content (AvgIpc) is 1.83. The molecule has 0 aliphatic rings. The van der Waals surface area contributed by atoms with Crippen molar-refractivity contribution in [3.8, 4) is 0 Å². The Labute approximate surface area is 75.0 Å². The van der Waals surface area contributed by atoms with Crippen molar-refractivity contribution in [2.75, 3.05) is 0 Å². The highest BCUT2D eigenvalue weighted by Gasteiger charge is 2.34. The van der Waals surface area contributed by atoms with Gasteiger partial charge in [0.25, 0.3) is 0 Å². The smallest absolute Gasteiger partial charge is 0.307 e. The molecule has 0 heterocycles. The lowest BCUT2D eigenvalue weighted by molar-refractivity contribution is -0.148. The van der Waals surface area contributed by atoms with Crippen LogP contribution in [0.3, 0.4) is 0 Å². The van der Waals surface area contributed by atoms with E-state index in [1.54, 1.807) is 0 Å². The molecule has 0 spiro atoms. The lowest BCUT2D eigenvalue weighted by atomic mass is 9.73. The van der Waals surface area contributed by atoms with E-state index in [-0.39, 0.29) is 17.3 Å². The van der Waals surface area contributed by atoms with Crippen LogP contribution < -0.4 is 0 Å². The molecule has 0 amide bonds. The molecule has 2 atom stereocenters. The number of aliphatic carboxylic acids is 1. The van der Waals surface area contributed by atoms with E-state index in [0.29, 0.717) is 0 Å². The average molecular weight is 172 g/mol. The zero-order valence-electron chi connectivity index (χ0n) is 8.72. The van der Waals surface area contributed by atoms with Crippen LogP contribution in [-0.2, 0) is 4.79 Å². The third kappa shape index (κ3) is 2.84. The zero-order chi connectivity index (χ0) is 9.94. The van der Waals surface area contributed by atoms with E-state index in [1.807, 2.05) is 34.6 Å². The molecule has 2 unspecified atom stereocenters. The minimum atomic E-state index is -0.670. The van der Waals surface area contributed by atoms with Gasteiger partial charge in [-0.15, -0.1) is 0 Å². The summed E-state index contributed by atoms with van der Waals surface area (Å²) in [5.41, 5.74) is -0.138. The lowest BCUT2D eigenvalue weighted by Gasteiger charge is -2.31. The van der Waals surface area contributed by atoms with E-state index in [4.69, 9.17) is 5.11 Å². The molecule has 0 saturated heterocycles. The molecule has 12 heavy (non-hydrogen) atoms. The van der Waals surface area contributed by atoms with Gasteiger partial charge in [0.05, 0.1) is 5.92 Å². The third-order valence-electron chi connectivity index (χ3n) is 2.41. The van der Waals surface area contributed by atoms with Gasteiger partial charge in [-0.05, 0) is 11.3 Å². The summed E-state index contributed by atoms with van der Waals surface area (Å²) in [4.78, 5) is 10.9. The highest BCUT2D eigenvalue weighted by molar-refractivity contribution is 5.71. The molecule has 2 heteroatoms. The van der Waals surface area contributed by atoms with Crippen LogP contribution in [0.5, 0.6) is 0 Å². The summed E-state index contributed by atoms with van der Waals surface area (Å²) >= 11 is 0. The molecule has 0 rings (SSSR count). The summed E-state index contributed by atoms with van der Waals surface area (Å²) in [6, 6.07) is 0. The molecule has 2 nitrogen and oxygen atoms in total. The van der Waals surface area contributed by atoms with E-state index in [0.717, 1.165) is 6.42 Å². The first-order valence-corrected chi connectivity index (χ1v) is 4.53. The Balaban J connectivity index is 4.56. The maximum atomic E-state index is 10.9. The van der Waals surface area contributed by atoms with Crippen LogP contribution in [-0.4, -0.2) is 11.1 Å². The zero-order valence-corrected chi connectivity index (χ0v) is 8.72. The number of carboxylic acid groups (broad SMARTS) is 1. The summed E-state index contributed by atoms with van der Waals surface area (Å²) < 4.78 is 0. The van der Waals surface area contributed by atoms with Crippen LogP contribution in [0.4, 0.5) is 0 Å². The van der Waals surface area contributed by atoms with Crippen molar-refractivity contribution in [2.45, 2.75) is 41.0 Å². The molecule has 0 aliphatic heterocycles. The van der Waals surface area contributed by atoms with Gasteiger partial charge >= 0.3 is 5.97 Å². The summed E-state index contributed by atoms with van der Waals surface area (Å²) in [6.07, 6.45) is 0.925. The Bertz CT molecular complexity index is 156. The molecule has 72 valence electrons. The second kappa shape index (κ2) is 3.92. The second-order valence-electron chi connectivity index (χ2n) is 4.57. The van der Waals surface area contributed by atoms with E-state index in [2.05, 4.69) is 0 Å². The van der Waals surface area contributed by atoms with Crippen LogP contribution in [0.2, 0.25) is 0 Å². The SMILES string of the molecule is CCC(C)C(C(=O)O)C(C)(C)C. The van der Waals surface area contributed by atoms with Crippen molar-refractivity contribution in [3.63, 3.8) is 0 Å². The fourth-order valence-electron chi connectivity index (χ4n) is 1.70. The van der Waals surface area contributed by atoms with Gasteiger partial charge in [0.15, 0.2) is 0 Å². The highest BCUT2D eigenvalue weighted by atomic mass is 16.4. The molecule has 0 fully saturated rings. The Morgan fingerprint density at radius 2 is 1.83 bits per heavy atom. The first-order chi connectivity index (χ1) is 5.30. The number of carboxylic acids is 1. The van der Waals surface area contributed by atoms with Gasteiger partial charge in [-0.25, -0.2) is 0 Å². The molecular weight excluding hydrogens is 152 g/mol. The lowest BCUT2D eigenvalue weighted by Crippen LogP contribution is -2.33. The van der Waals surface area contributed by atoms with E-state index >= 15 is 0 Å². The standard InChI is InChI=1S/C10H20O2/c1-6-7(2)8(9(11)12)10(3,4)5/h7-8H,6H2,1-5H3,(H,11,12). The molecule has 0 saturated carbocycles. The molecule has 0 aliphatic carbocycles. The van der Waals surface area contributed by atoms with Crippen molar-refractivity contribution in [2.24, 2.45) is 17.3 Å². The molecule has 0 aromatic carbocycles. The van der Waals surface area contributed by atoms with E-state index < -0.39 is 5.97 Å². The molecule has 0 bridgehead atoms. The molecule has 0 aromatic heterocycles. The van der Waals surface area contributed by atoms with Crippen LogP contribution in [0.15, 0.2) is 0 Å². The monoisotopic (exact) mass is 172 g/mol. The van der Waals surface area contributed by atoms with Gasteiger partial charge in [-0.1, -0.05) is 41.0 Å². The van der Waals surface area contributed by atoms with Gasteiger partial charge < -0.3 is 5.11 Å². The van der Waals surface area contributed by atoms with Gasteiger partial charge in [0, 0.05) is 0 Å². The van der Waals surface area contributed by atoms with Crippen molar-refractivity contribution >= 4 is 5.97 Å². The molecule has 0 aromatic rings. The topological polar surface area (TPSA) is 37.3 Å². The number of rotatable bonds is 3. The van der Waals surface area contributed by atoms with Crippen LogP contribution in [0.1, 0.15) is 41.0 Å². The van der Waals surface area contributed by atoms with Gasteiger partial charge in [-0.2, -0.15) is 0 Å². The maximum Gasteiger partial charge on any atom is 0.307 e. The van der Waals surface area contributed by atoms with Gasteiger partial charge in [0.2, 0.25) is 0 Å². The van der Waals surface area contributed by atoms with E-state index in [9.17, 15) is 4.79 Å². The highest BCUT2D eigenvalue weighted by Crippen LogP contribution is 2.33. The van der Waals surface area contributed by atoms with Crippen molar-refractivity contribution in [3.05, 3.63) is 0 Å². The van der Waals surface area contributed by atoms with E-state index in [1.165, 1.54) is 0 Å². The summed E-state index contributed by atoms with van der Waals surface area (Å²) in [7, 11) is 0. The Morgan fingerprint density at radius 3 is 1.92 bits per heavy atom. The largest absolute Gasteiger partial charge is 0.481 e. The number of hydrogen-bond acceptors (Lipinski definition) is 1. The summed E-state index contributed by atoms with van der Waals surface area (Å²) in [5, 5.41) is 9.01. The molecule has 0 radical (unpaired) electrons. The van der Waals surface area contributed by atoms with Crippen LogP contribution >= 0.6 is 0 Å². The Hall–Kier alpha value is -0.530. The first kappa shape index (κ1) is 11.5. The van der Waals surface area contributed by atoms with Crippen LogP contribution in [0.25, 0.3) is 0 Å². The number of hydrogen-bond donors (Lipinski definition) is 1. The van der Waals surface area contributed by atoms with Crippen molar-refractivity contribution < 1.29 is 9.90 Å². The van der Waals surface area contributed by atoms with Gasteiger partial charge in [0.1, 0.15) is 0 Å². The first-order valence-electron chi connectivity index (χ1n) is 4.53. The quantitative estimate of drug-likeness (QED) is 0.710. The third-order valence-corrected chi connectivity index (χ3v) is 2.41. The maximum absolute atomic E-state index is 10.9. The van der Waals surface area contributed by atoms with Crippen molar-refractivity contribution in [1.82, 2.24) is 0 Å². The van der Waals surface area contributed by atoms with Crippen LogP contribution in [0, 0.1) is 17.3 Å². The summed E-state index contributed by atoms with van der Waals surface area (Å²) in [6.45, 7) is 9.99. The fraction of sp³-hybridized carbons (Fsp3) is 0.900. The second-order valence-corrected chi connectivity index (χ2v) is 4.57. The Morgan fingerprint density at radius 1 is 1.42 bits per heavy atom. The normalized spacial score (nSPS) is 17.1. The molecule has 1 N–H and O–H groups in total. The number of carbonyl (C=O) groups is 1. The fourth-order valence-corrected chi connectivity index (χ4v) is 1.70.